The first-order valence-corrected chi connectivity index (χ1v) is 11.0. The van der Waals surface area contributed by atoms with Gasteiger partial charge < -0.3 is 4.57 Å². The summed E-state index contributed by atoms with van der Waals surface area (Å²) in [6, 6.07) is 0.781. The van der Waals surface area contributed by atoms with E-state index in [-0.39, 0.29) is 6.04 Å². The molecule has 134 valence electrons. The Morgan fingerprint density at radius 1 is 1.12 bits per heavy atom. The molecule has 24 heavy (non-hydrogen) atoms. The molecule has 1 atom stereocenters. The van der Waals surface area contributed by atoms with Crippen molar-refractivity contribution in [2.75, 3.05) is 37.7 Å². The van der Waals surface area contributed by atoms with Gasteiger partial charge in [0.1, 0.15) is 5.82 Å². The predicted octanol–water partition coefficient (Wildman–Crippen LogP) is 0.820. The van der Waals surface area contributed by atoms with Gasteiger partial charge in [-0.05, 0) is 38.4 Å². The topological polar surface area (TPSA) is 63.4 Å². The molecule has 3 heterocycles. The Morgan fingerprint density at radius 3 is 2.42 bits per heavy atom. The number of hydrogen-bond acceptors (Lipinski definition) is 6. The second kappa shape index (κ2) is 6.19. The predicted molar refractivity (Wildman–Crippen MR) is 94.3 cm³/mol. The summed E-state index contributed by atoms with van der Waals surface area (Å²) in [4.78, 5) is 4.70. The first kappa shape index (κ1) is 16.7. The number of aryl methyl sites for hydroxylation is 1. The lowest BCUT2D eigenvalue weighted by Gasteiger charge is -2.37. The standard InChI is InChI=1S/C15H25N5O2S2/c1-12-16-19(15(23)20(12)13-2-3-13)11-17-5-7-18(8-6-17)14-4-9-24(21,22)10-14/h13-14H,2-11H2,1H3. The van der Waals surface area contributed by atoms with Crippen molar-refractivity contribution in [1.29, 1.82) is 0 Å². The smallest absolute Gasteiger partial charge is 0.199 e. The van der Waals surface area contributed by atoms with Crippen LogP contribution in [-0.2, 0) is 16.5 Å². The average Bonchev–Trinajstić information content (AvgIpc) is 3.24. The highest BCUT2D eigenvalue weighted by Crippen LogP contribution is 2.35. The number of piperazine rings is 1. The van der Waals surface area contributed by atoms with E-state index in [4.69, 9.17) is 12.2 Å². The molecular formula is C15H25N5O2S2. The second-order valence-electron chi connectivity index (χ2n) is 7.28. The van der Waals surface area contributed by atoms with E-state index in [0.717, 1.165) is 49.9 Å². The third-order valence-electron chi connectivity index (χ3n) is 5.42. The van der Waals surface area contributed by atoms with Crippen molar-refractivity contribution in [2.24, 2.45) is 0 Å². The molecule has 0 bridgehead atoms. The van der Waals surface area contributed by atoms with E-state index in [9.17, 15) is 8.42 Å². The van der Waals surface area contributed by atoms with Crippen LogP contribution in [0.4, 0.5) is 0 Å². The van der Waals surface area contributed by atoms with Gasteiger partial charge in [0, 0.05) is 38.3 Å². The summed E-state index contributed by atoms with van der Waals surface area (Å²) in [5.41, 5.74) is 0. The van der Waals surface area contributed by atoms with E-state index < -0.39 is 9.84 Å². The van der Waals surface area contributed by atoms with E-state index in [1.807, 2.05) is 11.6 Å². The summed E-state index contributed by atoms with van der Waals surface area (Å²) < 4.78 is 28.3. The summed E-state index contributed by atoms with van der Waals surface area (Å²) in [7, 11) is -2.80. The van der Waals surface area contributed by atoms with Crippen LogP contribution in [0.1, 0.15) is 31.1 Å². The van der Waals surface area contributed by atoms with Gasteiger partial charge in [-0.15, -0.1) is 0 Å². The van der Waals surface area contributed by atoms with Crippen molar-refractivity contribution in [3.05, 3.63) is 10.6 Å². The number of rotatable bonds is 4. The van der Waals surface area contributed by atoms with Crippen molar-refractivity contribution in [1.82, 2.24) is 24.1 Å². The molecule has 1 aliphatic carbocycles. The van der Waals surface area contributed by atoms with Crippen molar-refractivity contribution in [3.8, 4) is 0 Å². The van der Waals surface area contributed by atoms with E-state index in [0.29, 0.717) is 17.5 Å². The van der Waals surface area contributed by atoms with Crippen LogP contribution in [0.2, 0.25) is 0 Å². The minimum absolute atomic E-state index is 0.218. The Kier molecular flexibility index (Phi) is 4.30. The Hall–Kier alpha value is -0.770. The van der Waals surface area contributed by atoms with Crippen LogP contribution in [0.3, 0.4) is 0 Å². The molecule has 2 aliphatic heterocycles. The normalized spacial score (nSPS) is 28.5. The lowest BCUT2D eigenvalue weighted by atomic mass is 10.2. The fourth-order valence-electron chi connectivity index (χ4n) is 3.90. The summed E-state index contributed by atoms with van der Waals surface area (Å²) >= 11 is 5.59. The number of sulfone groups is 1. The van der Waals surface area contributed by atoms with Gasteiger partial charge in [-0.1, -0.05) is 0 Å². The zero-order valence-electron chi connectivity index (χ0n) is 14.1. The maximum Gasteiger partial charge on any atom is 0.199 e. The first-order valence-electron chi connectivity index (χ1n) is 8.76. The highest BCUT2D eigenvalue weighted by Gasteiger charge is 2.34. The minimum Gasteiger partial charge on any atom is -0.301 e. The third kappa shape index (κ3) is 3.31. The molecule has 1 aromatic rings. The Morgan fingerprint density at radius 2 is 1.83 bits per heavy atom. The van der Waals surface area contributed by atoms with Gasteiger partial charge in [-0.2, -0.15) is 5.10 Å². The molecule has 0 aromatic carbocycles. The SMILES string of the molecule is Cc1nn(CN2CCN(C3CCS(=O)(=O)C3)CC2)c(=S)n1C1CC1. The van der Waals surface area contributed by atoms with E-state index in [1.165, 1.54) is 12.8 Å². The molecular weight excluding hydrogens is 346 g/mol. The Bertz CT molecular complexity index is 772. The molecule has 9 heteroatoms. The maximum absolute atomic E-state index is 11.7. The quantitative estimate of drug-likeness (QED) is 0.730. The number of hydrogen-bond donors (Lipinski definition) is 0. The van der Waals surface area contributed by atoms with Crippen LogP contribution in [0.15, 0.2) is 0 Å². The van der Waals surface area contributed by atoms with Gasteiger partial charge in [0.25, 0.3) is 0 Å². The van der Waals surface area contributed by atoms with Crippen molar-refractivity contribution in [3.63, 3.8) is 0 Å². The molecule has 1 saturated carbocycles. The van der Waals surface area contributed by atoms with Gasteiger partial charge in [0.2, 0.25) is 0 Å². The van der Waals surface area contributed by atoms with Crippen molar-refractivity contribution < 1.29 is 8.42 Å². The minimum atomic E-state index is -2.80. The van der Waals surface area contributed by atoms with E-state index in [1.54, 1.807) is 0 Å². The molecule has 3 aliphatic rings. The van der Waals surface area contributed by atoms with Crippen molar-refractivity contribution in [2.45, 2.75) is 44.9 Å². The molecule has 0 amide bonds. The van der Waals surface area contributed by atoms with Gasteiger partial charge >= 0.3 is 0 Å². The highest BCUT2D eigenvalue weighted by atomic mass is 32.2. The Labute approximate surface area is 148 Å². The van der Waals surface area contributed by atoms with E-state index in [2.05, 4.69) is 19.5 Å². The second-order valence-corrected chi connectivity index (χ2v) is 9.88. The Balaban J connectivity index is 1.35. The lowest BCUT2D eigenvalue weighted by Crippen LogP contribution is -2.51. The fourth-order valence-corrected chi connectivity index (χ4v) is 6.04. The van der Waals surface area contributed by atoms with Crippen LogP contribution >= 0.6 is 12.2 Å². The molecule has 0 N–H and O–H groups in total. The molecule has 1 aromatic heterocycles. The van der Waals surface area contributed by atoms with Crippen LogP contribution in [-0.4, -0.2) is 76.3 Å². The molecule has 1 unspecified atom stereocenters. The molecule has 2 saturated heterocycles. The molecule has 0 spiro atoms. The largest absolute Gasteiger partial charge is 0.301 e. The molecule has 3 fully saturated rings. The third-order valence-corrected chi connectivity index (χ3v) is 7.58. The summed E-state index contributed by atoms with van der Waals surface area (Å²) in [5, 5.41) is 4.62. The summed E-state index contributed by atoms with van der Waals surface area (Å²) in [6.45, 7) is 6.49. The van der Waals surface area contributed by atoms with Crippen LogP contribution in [0.5, 0.6) is 0 Å². The molecule has 4 rings (SSSR count). The number of aromatic nitrogens is 3. The first-order chi connectivity index (χ1) is 11.4. The molecule has 0 radical (unpaired) electrons. The van der Waals surface area contributed by atoms with Gasteiger partial charge in [0.15, 0.2) is 14.6 Å². The highest BCUT2D eigenvalue weighted by molar-refractivity contribution is 7.91. The molecule has 7 nitrogen and oxygen atoms in total. The number of nitrogens with zero attached hydrogens (tertiary/aromatic N) is 5. The van der Waals surface area contributed by atoms with Gasteiger partial charge in [-0.25, -0.2) is 13.1 Å². The van der Waals surface area contributed by atoms with Crippen LogP contribution in [0.25, 0.3) is 0 Å². The van der Waals surface area contributed by atoms with Gasteiger partial charge in [0.05, 0.1) is 18.2 Å². The van der Waals surface area contributed by atoms with E-state index >= 15 is 0 Å². The summed E-state index contributed by atoms with van der Waals surface area (Å²) in [6.07, 6.45) is 3.21. The monoisotopic (exact) mass is 371 g/mol. The fraction of sp³-hybridized carbons (Fsp3) is 0.867. The maximum atomic E-state index is 11.7. The summed E-state index contributed by atoms with van der Waals surface area (Å²) in [5.74, 6) is 1.70. The van der Waals surface area contributed by atoms with Gasteiger partial charge in [-0.3, -0.25) is 9.80 Å². The van der Waals surface area contributed by atoms with Crippen LogP contribution in [0, 0.1) is 11.7 Å². The van der Waals surface area contributed by atoms with Crippen LogP contribution < -0.4 is 0 Å². The zero-order chi connectivity index (χ0) is 16.9. The zero-order valence-corrected chi connectivity index (χ0v) is 15.7. The lowest BCUT2D eigenvalue weighted by molar-refractivity contribution is 0.0807. The van der Waals surface area contributed by atoms with Crippen molar-refractivity contribution >= 4 is 22.1 Å². The average molecular weight is 372 g/mol.